The number of aliphatic hydroxyl groups is 2. The van der Waals surface area contributed by atoms with Crippen molar-refractivity contribution in [1.29, 1.82) is 0 Å². The third kappa shape index (κ3) is 3.74. The van der Waals surface area contributed by atoms with Crippen LogP contribution < -0.4 is 0 Å². The predicted octanol–water partition coefficient (Wildman–Crippen LogP) is 1.05. The Balaban J connectivity index is 1.76. The van der Waals surface area contributed by atoms with Crippen molar-refractivity contribution in [3.8, 4) is 0 Å². The first kappa shape index (κ1) is 19.5. The summed E-state index contributed by atoms with van der Waals surface area (Å²) in [5.41, 5.74) is 0. The number of hydrogen-bond acceptors (Lipinski definition) is 7. The van der Waals surface area contributed by atoms with Crippen molar-refractivity contribution in [1.82, 2.24) is 0 Å². The van der Waals surface area contributed by atoms with Crippen LogP contribution in [0.3, 0.4) is 0 Å². The molecule has 0 aromatic heterocycles. The van der Waals surface area contributed by atoms with Crippen molar-refractivity contribution in [3.63, 3.8) is 0 Å². The molecule has 0 aliphatic carbocycles. The summed E-state index contributed by atoms with van der Waals surface area (Å²) in [7, 11) is 0. The molecule has 146 valence electrons. The minimum atomic E-state index is -0.864. The van der Waals surface area contributed by atoms with E-state index in [0.717, 1.165) is 6.42 Å². The van der Waals surface area contributed by atoms with Crippen LogP contribution in [-0.2, 0) is 23.7 Å². The van der Waals surface area contributed by atoms with Gasteiger partial charge in [0.25, 0.3) is 0 Å². The second-order valence-corrected chi connectivity index (χ2v) is 7.63. The molecule has 0 aromatic carbocycles. The fraction of sp³-hybridized carbons (Fsp3) is 1.00. The molecule has 0 saturated carbocycles. The van der Waals surface area contributed by atoms with Gasteiger partial charge in [-0.15, -0.1) is 0 Å². The molecule has 0 bridgehead atoms. The van der Waals surface area contributed by atoms with Crippen molar-refractivity contribution in [2.45, 2.75) is 96.3 Å². The molecule has 3 rings (SSSR count). The third-order valence-electron chi connectivity index (χ3n) is 5.98. The lowest BCUT2D eigenvalue weighted by molar-refractivity contribution is -0.360. The average molecular weight is 360 g/mol. The topological polar surface area (TPSA) is 86.6 Å². The highest BCUT2D eigenvalue weighted by atomic mass is 16.7. The van der Waals surface area contributed by atoms with Crippen molar-refractivity contribution in [3.05, 3.63) is 0 Å². The first-order chi connectivity index (χ1) is 11.8. The van der Waals surface area contributed by atoms with Crippen LogP contribution in [0.2, 0.25) is 0 Å². The highest BCUT2D eigenvalue weighted by Gasteiger charge is 2.51. The maximum absolute atomic E-state index is 10.6. The van der Waals surface area contributed by atoms with Gasteiger partial charge in [0.15, 0.2) is 12.6 Å². The number of ether oxygens (including phenoxy) is 5. The Morgan fingerprint density at radius 3 is 2.36 bits per heavy atom. The molecule has 3 aliphatic rings. The molecule has 11 atom stereocenters. The molecule has 3 saturated heterocycles. The molecule has 5 unspecified atom stereocenters. The fourth-order valence-corrected chi connectivity index (χ4v) is 4.06. The summed E-state index contributed by atoms with van der Waals surface area (Å²) in [6.45, 7) is 10.2. The number of hydrogen-bond donors (Lipinski definition) is 2. The summed E-state index contributed by atoms with van der Waals surface area (Å²) in [5.74, 6) is 0.286. The van der Waals surface area contributed by atoms with Crippen LogP contribution in [0, 0.1) is 11.8 Å². The molecule has 0 radical (unpaired) electrons. The van der Waals surface area contributed by atoms with Gasteiger partial charge in [-0.3, -0.25) is 0 Å². The minimum Gasteiger partial charge on any atom is -0.388 e. The van der Waals surface area contributed by atoms with E-state index in [4.69, 9.17) is 23.7 Å². The lowest BCUT2D eigenvalue weighted by Gasteiger charge is -2.49. The first-order valence-corrected chi connectivity index (χ1v) is 9.43. The zero-order chi connectivity index (χ0) is 18.3. The lowest BCUT2D eigenvalue weighted by Crippen LogP contribution is -2.64. The fourth-order valence-electron chi connectivity index (χ4n) is 4.06. The van der Waals surface area contributed by atoms with Gasteiger partial charge in [-0.2, -0.15) is 0 Å². The van der Waals surface area contributed by atoms with Crippen LogP contribution in [0.4, 0.5) is 0 Å². The Hall–Kier alpha value is -0.280. The standard InChI is InChI=1S/C18H32O7/c1-6-12-8(2)9(3)14(19)18(24-12)25-17-15(20)10(4)22-13-7-21-11(5)23-16(13)17/h8-20H,6-7H2,1-5H3/t8-,9+,10+,11?,12?,13?,14?,15?,16+,17-,18+/m1/s1. The number of fused-ring (bicyclic) bond motifs is 1. The van der Waals surface area contributed by atoms with Crippen molar-refractivity contribution in [2.24, 2.45) is 11.8 Å². The van der Waals surface area contributed by atoms with Crippen molar-refractivity contribution >= 4 is 0 Å². The molecule has 3 aliphatic heterocycles. The van der Waals surface area contributed by atoms with Gasteiger partial charge in [-0.1, -0.05) is 20.8 Å². The Kier molecular flexibility index (Phi) is 6.05. The highest BCUT2D eigenvalue weighted by molar-refractivity contribution is 4.95. The van der Waals surface area contributed by atoms with Crippen LogP contribution in [0.1, 0.15) is 41.0 Å². The molecular weight excluding hydrogens is 328 g/mol. The Morgan fingerprint density at radius 2 is 1.68 bits per heavy atom. The molecule has 3 fully saturated rings. The maximum Gasteiger partial charge on any atom is 0.184 e. The molecule has 0 aromatic rings. The van der Waals surface area contributed by atoms with E-state index in [2.05, 4.69) is 13.8 Å². The summed E-state index contributed by atoms with van der Waals surface area (Å²) >= 11 is 0. The summed E-state index contributed by atoms with van der Waals surface area (Å²) in [6.07, 6.45) is -3.75. The normalized spacial score (nSPS) is 54.1. The van der Waals surface area contributed by atoms with Crippen LogP contribution in [0.15, 0.2) is 0 Å². The van der Waals surface area contributed by atoms with E-state index < -0.39 is 43.1 Å². The van der Waals surface area contributed by atoms with E-state index in [-0.39, 0.29) is 24.0 Å². The predicted molar refractivity (Wildman–Crippen MR) is 88.8 cm³/mol. The summed E-state index contributed by atoms with van der Waals surface area (Å²) in [4.78, 5) is 0. The van der Waals surface area contributed by atoms with Gasteiger partial charge in [-0.05, 0) is 32.1 Å². The molecule has 0 amide bonds. The SMILES string of the molecule is CCC1O[C@@H](O[C@@H]2C(O)[C@H](C)OC3COC(C)O[C@@H]32)C(O)[C@@H](C)[C@H]1C. The average Bonchev–Trinajstić information content (AvgIpc) is 2.59. The Morgan fingerprint density at radius 1 is 0.960 bits per heavy atom. The van der Waals surface area contributed by atoms with E-state index >= 15 is 0 Å². The quantitative estimate of drug-likeness (QED) is 0.778. The summed E-state index contributed by atoms with van der Waals surface area (Å²) < 4.78 is 29.2. The van der Waals surface area contributed by atoms with Crippen molar-refractivity contribution < 1.29 is 33.9 Å². The highest BCUT2D eigenvalue weighted by Crippen LogP contribution is 2.36. The zero-order valence-electron chi connectivity index (χ0n) is 15.7. The van der Waals surface area contributed by atoms with Gasteiger partial charge in [0.1, 0.15) is 30.5 Å². The van der Waals surface area contributed by atoms with E-state index in [1.54, 1.807) is 13.8 Å². The van der Waals surface area contributed by atoms with Gasteiger partial charge in [0.2, 0.25) is 0 Å². The third-order valence-corrected chi connectivity index (χ3v) is 5.98. The molecule has 7 nitrogen and oxygen atoms in total. The molecule has 7 heteroatoms. The van der Waals surface area contributed by atoms with Crippen LogP contribution >= 0.6 is 0 Å². The number of aliphatic hydroxyl groups excluding tert-OH is 2. The van der Waals surface area contributed by atoms with E-state index in [0.29, 0.717) is 6.61 Å². The first-order valence-electron chi connectivity index (χ1n) is 9.43. The van der Waals surface area contributed by atoms with Crippen LogP contribution in [-0.4, -0.2) is 72.1 Å². The zero-order valence-corrected chi connectivity index (χ0v) is 15.7. The van der Waals surface area contributed by atoms with Gasteiger partial charge in [0, 0.05) is 0 Å². The molecule has 3 heterocycles. The van der Waals surface area contributed by atoms with Gasteiger partial charge in [0.05, 0.1) is 18.8 Å². The smallest absolute Gasteiger partial charge is 0.184 e. The lowest BCUT2D eigenvalue weighted by atomic mass is 9.82. The molecule has 2 N–H and O–H groups in total. The molecule has 0 spiro atoms. The van der Waals surface area contributed by atoms with E-state index in [9.17, 15) is 10.2 Å². The monoisotopic (exact) mass is 360 g/mol. The van der Waals surface area contributed by atoms with Gasteiger partial charge >= 0.3 is 0 Å². The molecular formula is C18H32O7. The molecule has 25 heavy (non-hydrogen) atoms. The van der Waals surface area contributed by atoms with E-state index in [1.165, 1.54) is 0 Å². The largest absolute Gasteiger partial charge is 0.388 e. The van der Waals surface area contributed by atoms with Gasteiger partial charge < -0.3 is 33.9 Å². The summed E-state index contributed by atoms with van der Waals surface area (Å²) in [5, 5.41) is 21.2. The maximum atomic E-state index is 10.6. The second kappa shape index (κ2) is 7.76. The van der Waals surface area contributed by atoms with Crippen molar-refractivity contribution in [2.75, 3.05) is 6.61 Å². The summed E-state index contributed by atoms with van der Waals surface area (Å²) in [6, 6.07) is 0. The van der Waals surface area contributed by atoms with Crippen LogP contribution in [0.25, 0.3) is 0 Å². The Labute approximate surface area is 149 Å². The van der Waals surface area contributed by atoms with Crippen LogP contribution in [0.5, 0.6) is 0 Å². The second-order valence-electron chi connectivity index (χ2n) is 7.63. The van der Waals surface area contributed by atoms with Gasteiger partial charge in [-0.25, -0.2) is 0 Å². The minimum absolute atomic E-state index is 0.0168. The number of rotatable bonds is 3. The Bertz CT molecular complexity index is 445. The van der Waals surface area contributed by atoms with E-state index in [1.807, 2.05) is 6.92 Å².